The molecule has 2 aromatic carbocycles. The minimum absolute atomic E-state index is 0.749. The van der Waals surface area contributed by atoms with Crippen LogP contribution >= 0.6 is 0 Å². The molecule has 3 aromatic rings. The van der Waals surface area contributed by atoms with E-state index in [9.17, 15) is 5.11 Å². The van der Waals surface area contributed by atoms with Crippen molar-refractivity contribution in [2.75, 3.05) is 0 Å². The summed E-state index contributed by atoms with van der Waals surface area (Å²) in [4.78, 5) is 3.37. The zero-order chi connectivity index (χ0) is 12.9. The highest BCUT2D eigenvalue weighted by molar-refractivity contribution is 5.80. The maximum absolute atomic E-state index is 11.1. The van der Waals surface area contributed by atoms with Gasteiger partial charge >= 0.3 is 0 Å². The minimum Gasteiger partial charge on any atom is -0.379 e. The third-order valence-electron chi connectivity index (χ3n) is 4.19. The molecule has 0 radical (unpaired) electrons. The molecule has 1 unspecified atom stereocenters. The van der Waals surface area contributed by atoms with E-state index in [0.29, 0.717) is 0 Å². The quantitative estimate of drug-likeness (QED) is 0.681. The van der Waals surface area contributed by atoms with Crippen molar-refractivity contribution >= 4 is 10.9 Å². The molecule has 2 heteroatoms. The van der Waals surface area contributed by atoms with Crippen LogP contribution < -0.4 is 0 Å². The SMILES string of the molecule is OC1(c2cc3ccccc3[nH]2)CCc2ccccc21. The van der Waals surface area contributed by atoms with Gasteiger partial charge in [-0.3, -0.25) is 0 Å². The molecule has 94 valence electrons. The number of hydrogen-bond acceptors (Lipinski definition) is 1. The Bertz CT molecular complexity index is 726. The van der Waals surface area contributed by atoms with Gasteiger partial charge in [-0.2, -0.15) is 0 Å². The van der Waals surface area contributed by atoms with E-state index in [2.05, 4.69) is 23.2 Å². The molecule has 19 heavy (non-hydrogen) atoms. The molecule has 4 rings (SSSR count). The largest absolute Gasteiger partial charge is 0.379 e. The number of aromatic nitrogens is 1. The Kier molecular flexibility index (Phi) is 2.12. The maximum Gasteiger partial charge on any atom is 0.130 e. The number of aryl methyl sites for hydroxylation is 1. The number of aromatic amines is 1. The van der Waals surface area contributed by atoms with Crippen molar-refractivity contribution in [1.29, 1.82) is 0 Å². The fraction of sp³-hybridized carbons (Fsp3) is 0.176. The number of para-hydroxylation sites is 1. The molecule has 0 spiro atoms. The van der Waals surface area contributed by atoms with Gasteiger partial charge in [-0.1, -0.05) is 42.5 Å². The number of hydrogen-bond donors (Lipinski definition) is 2. The molecule has 1 aliphatic carbocycles. The zero-order valence-electron chi connectivity index (χ0n) is 10.6. The Balaban J connectivity index is 1.92. The number of benzene rings is 2. The van der Waals surface area contributed by atoms with Crippen LogP contribution in [0.15, 0.2) is 54.6 Å². The predicted octanol–water partition coefficient (Wildman–Crippen LogP) is 3.35. The predicted molar refractivity (Wildman–Crippen MR) is 76.1 cm³/mol. The minimum atomic E-state index is -0.865. The Morgan fingerprint density at radius 1 is 1.00 bits per heavy atom. The van der Waals surface area contributed by atoms with E-state index in [-0.39, 0.29) is 0 Å². The van der Waals surface area contributed by atoms with Crippen molar-refractivity contribution in [2.24, 2.45) is 0 Å². The summed E-state index contributed by atoms with van der Waals surface area (Å²) < 4.78 is 0. The molecule has 1 heterocycles. The third kappa shape index (κ3) is 1.47. The second-order valence-corrected chi connectivity index (χ2v) is 5.29. The molecule has 0 amide bonds. The Morgan fingerprint density at radius 2 is 1.79 bits per heavy atom. The van der Waals surface area contributed by atoms with Crippen LogP contribution in [0.25, 0.3) is 10.9 Å². The van der Waals surface area contributed by atoms with E-state index >= 15 is 0 Å². The number of fused-ring (bicyclic) bond motifs is 2. The van der Waals surface area contributed by atoms with Gasteiger partial charge in [0.2, 0.25) is 0 Å². The molecular weight excluding hydrogens is 234 g/mol. The normalized spacial score (nSPS) is 21.7. The number of rotatable bonds is 1. The second kappa shape index (κ2) is 3.72. The van der Waals surface area contributed by atoms with E-state index in [4.69, 9.17) is 0 Å². The van der Waals surface area contributed by atoms with Gasteiger partial charge in [-0.25, -0.2) is 0 Å². The lowest BCUT2D eigenvalue weighted by Crippen LogP contribution is -2.24. The maximum atomic E-state index is 11.1. The highest BCUT2D eigenvalue weighted by atomic mass is 16.3. The van der Waals surface area contributed by atoms with Gasteiger partial charge in [0.15, 0.2) is 0 Å². The van der Waals surface area contributed by atoms with Crippen molar-refractivity contribution in [2.45, 2.75) is 18.4 Å². The van der Waals surface area contributed by atoms with Crippen LogP contribution in [0.1, 0.15) is 23.2 Å². The van der Waals surface area contributed by atoms with Crippen LogP contribution in [0.2, 0.25) is 0 Å². The van der Waals surface area contributed by atoms with Crippen LogP contribution in [0.4, 0.5) is 0 Å². The Hall–Kier alpha value is -2.06. The Morgan fingerprint density at radius 3 is 2.68 bits per heavy atom. The monoisotopic (exact) mass is 249 g/mol. The summed E-state index contributed by atoms with van der Waals surface area (Å²) >= 11 is 0. The first-order valence-electron chi connectivity index (χ1n) is 6.66. The van der Waals surface area contributed by atoms with Gasteiger partial charge in [0.25, 0.3) is 0 Å². The van der Waals surface area contributed by atoms with Crippen molar-refractivity contribution in [3.63, 3.8) is 0 Å². The first-order valence-corrected chi connectivity index (χ1v) is 6.66. The second-order valence-electron chi connectivity index (χ2n) is 5.29. The molecule has 0 saturated heterocycles. The lowest BCUT2D eigenvalue weighted by molar-refractivity contribution is 0.0791. The summed E-state index contributed by atoms with van der Waals surface area (Å²) in [6.45, 7) is 0. The van der Waals surface area contributed by atoms with Crippen LogP contribution in [-0.2, 0) is 12.0 Å². The van der Waals surface area contributed by atoms with E-state index in [0.717, 1.165) is 35.0 Å². The van der Waals surface area contributed by atoms with Crippen LogP contribution in [0, 0.1) is 0 Å². The molecule has 1 atom stereocenters. The Labute approximate surface area is 111 Å². The number of aliphatic hydroxyl groups is 1. The zero-order valence-corrected chi connectivity index (χ0v) is 10.6. The van der Waals surface area contributed by atoms with E-state index in [1.165, 1.54) is 5.56 Å². The fourth-order valence-corrected chi connectivity index (χ4v) is 3.17. The molecule has 2 N–H and O–H groups in total. The average Bonchev–Trinajstić information content (AvgIpc) is 3.02. The van der Waals surface area contributed by atoms with Crippen LogP contribution in [0.3, 0.4) is 0 Å². The van der Waals surface area contributed by atoms with Crippen molar-refractivity contribution < 1.29 is 5.11 Å². The van der Waals surface area contributed by atoms with Crippen molar-refractivity contribution in [3.8, 4) is 0 Å². The summed E-state index contributed by atoms with van der Waals surface area (Å²) in [5, 5.41) is 12.2. The molecule has 0 saturated carbocycles. The smallest absolute Gasteiger partial charge is 0.130 e. The summed E-state index contributed by atoms with van der Waals surface area (Å²) in [5.74, 6) is 0. The van der Waals surface area contributed by atoms with Crippen molar-refractivity contribution in [1.82, 2.24) is 4.98 Å². The highest BCUT2D eigenvalue weighted by Crippen LogP contribution is 2.42. The number of H-pyrrole nitrogens is 1. The van der Waals surface area contributed by atoms with Gasteiger partial charge in [-0.05, 0) is 41.5 Å². The van der Waals surface area contributed by atoms with Crippen molar-refractivity contribution in [3.05, 3.63) is 71.4 Å². The summed E-state index contributed by atoms with van der Waals surface area (Å²) in [6, 6.07) is 18.4. The topological polar surface area (TPSA) is 36.0 Å². The number of nitrogens with one attached hydrogen (secondary N) is 1. The van der Waals surface area contributed by atoms with Crippen LogP contribution in [-0.4, -0.2) is 10.1 Å². The summed E-state index contributed by atoms with van der Waals surface area (Å²) in [7, 11) is 0. The lowest BCUT2D eigenvalue weighted by atomic mass is 9.92. The third-order valence-corrected chi connectivity index (χ3v) is 4.19. The molecule has 0 fully saturated rings. The first-order chi connectivity index (χ1) is 9.27. The van der Waals surface area contributed by atoms with Gasteiger partial charge in [0.1, 0.15) is 5.60 Å². The molecular formula is C17H15NO. The van der Waals surface area contributed by atoms with E-state index < -0.39 is 5.60 Å². The standard InChI is InChI=1S/C17H15NO/c19-17(10-9-12-5-1-3-7-14(12)17)16-11-13-6-2-4-8-15(13)18-16/h1-8,11,18-19H,9-10H2. The first kappa shape index (κ1) is 10.8. The molecule has 0 aliphatic heterocycles. The van der Waals surface area contributed by atoms with Gasteiger partial charge in [0.05, 0.1) is 5.69 Å². The average molecular weight is 249 g/mol. The molecule has 0 bridgehead atoms. The van der Waals surface area contributed by atoms with Gasteiger partial charge < -0.3 is 10.1 Å². The summed E-state index contributed by atoms with van der Waals surface area (Å²) in [5.41, 5.74) is 3.41. The van der Waals surface area contributed by atoms with Gasteiger partial charge in [0, 0.05) is 5.52 Å². The van der Waals surface area contributed by atoms with Crippen LogP contribution in [0.5, 0.6) is 0 Å². The molecule has 1 aromatic heterocycles. The highest BCUT2D eigenvalue weighted by Gasteiger charge is 2.39. The molecule has 2 nitrogen and oxygen atoms in total. The lowest BCUT2D eigenvalue weighted by Gasteiger charge is -2.22. The fourth-order valence-electron chi connectivity index (χ4n) is 3.17. The molecule has 1 aliphatic rings. The van der Waals surface area contributed by atoms with Gasteiger partial charge in [-0.15, -0.1) is 0 Å². The van der Waals surface area contributed by atoms with E-state index in [1.54, 1.807) is 0 Å². The summed E-state index contributed by atoms with van der Waals surface area (Å²) in [6.07, 6.45) is 1.68. The van der Waals surface area contributed by atoms with E-state index in [1.807, 2.05) is 36.4 Å².